The highest BCUT2D eigenvalue weighted by molar-refractivity contribution is 7.15. The molecule has 0 aliphatic heterocycles. The van der Waals surface area contributed by atoms with Crippen molar-refractivity contribution in [1.29, 1.82) is 0 Å². The molecule has 3 rings (SSSR count). The standard InChI is InChI=1S/C20H17F3N2O3S/c1-27-17-5-3-2-4-14(17)11-18(26)25-19-24-12-16(29-19)10-13-6-8-15(9-7-13)28-20(21,22)23/h2-9,12H,10-11H2,1H3,(H,24,25,26). The van der Waals surface area contributed by atoms with Crippen LogP contribution in [0.25, 0.3) is 0 Å². The van der Waals surface area contributed by atoms with Crippen molar-refractivity contribution in [2.75, 3.05) is 12.4 Å². The highest BCUT2D eigenvalue weighted by atomic mass is 32.1. The van der Waals surface area contributed by atoms with Gasteiger partial charge in [0, 0.05) is 23.1 Å². The van der Waals surface area contributed by atoms with Gasteiger partial charge in [0.1, 0.15) is 11.5 Å². The smallest absolute Gasteiger partial charge is 0.496 e. The fourth-order valence-electron chi connectivity index (χ4n) is 2.64. The molecule has 0 saturated heterocycles. The van der Waals surface area contributed by atoms with Crippen LogP contribution in [0, 0.1) is 0 Å². The number of para-hydroxylation sites is 1. The number of alkyl halides is 3. The Labute approximate surface area is 169 Å². The zero-order chi connectivity index (χ0) is 20.9. The number of benzene rings is 2. The Kier molecular flexibility index (Phi) is 6.38. The van der Waals surface area contributed by atoms with E-state index in [2.05, 4.69) is 15.0 Å². The minimum absolute atomic E-state index is 0.152. The molecule has 9 heteroatoms. The molecule has 0 aliphatic rings. The Hall–Kier alpha value is -3.07. The zero-order valence-corrected chi connectivity index (χ0v) is 16.1. The lowest BCUT2D eigenvalue weighted by Crippen LogP contribution is -2.17. The molecule has 0 aliphatic carbocycles. The molecule has 0 saturated carbocycles. The van der Waals surface area contributed by atoms with Crippen molar-refractivity contribution in [2.24, 2.45) is 0 Å². The predicted molar refractivity (Wildman–Crippen MR) is 103 cm³/mol. The molecule has 0 atom stereocenters. The van der Waals surface area contributed by atoms with Crippen LogP contribution in [0.2, 0.25) is 0 Å². The van der Waals surface area contributed by atoms with E-state index in [0.717, 1.165) is 16.0 Å². The SMILES string of the molecule is COc1ccccc1CC(=O)Nc1ncc(Cc2ccc(OC(F)(F)F)cc2)s1. The van der Waals surface area contributed by atoms with Crippen molar-refractivity contribution in [3.05, 3.63) is 70.7 Å². The third-order valence-corrected chi connectivity index (χ3v) is 4.79. The number of anilines is 1. The summed E-state index contributed by atoms with van der Waals surface area (Å²) < 4.78 is 45.7. The molecule has 2 aromatic carbocycles. The maximum Gasteiger partial charge on any atom is 0.573 e. The van der Waals surface area contributed by atoms with Crippen LogP contribution in [0.4, 0.5) is 18.3 Å². The molecule has 1 amide bonds. The number of hydrogen-bond donors (Lipinski definition) is 1. The van der Waals surface area contributed by atoms with Crippen LogP contribution >= 0.6 is 11.3 Å². The summed E-state index contributed by atoms with van der Waals surface area (Å²) in [7, 11) is 1.55. The topological polar surface area (TPSA) is 60.5 Å². The van der Waals surface area contributed by atoms with E-state index in [1.165, 1.54) is 23.5 Å². The zero-order valence-electron chi connectivity index (χ0n) is 15.3. The van der Waals surface area contributed by atoms with Crippen LogP contribution in [0.5, 0.6) is 11.5 Å². The molecule has 29 heavy (non-hydrogen) atoms. The highest BCUT2D eigenvalue weighted by Gasteiger charge is 2.30. The number of carbonyl (C=O) groups is 1. The Morgan fingerprint density at radius 3 is 2.55 bits per heavy atom. The van der Waals surface area contributed by atoms with Gasteiger partial charge in [-0.1, -0.05) is 30.3 Å². The van der Waals surface area contributed by atoms with Gasteiger partial charge in [0.25, 0.3) is 0 Å². The van der Waals surface area contributed by atoms with E-state index in [1.807, 2.05) is 18.2 Å². The average molecular weight is 422 g/mol. The summed E-state index contributed by atoms with van der Waals surface area (Å²) in [5.41, 5.74) is 1.57. The summed E-state index contributed by atoms with van der Waals surface area (Å²) in [6.07, 6.45) is -2.45. The van der Waals surface area contributed by atoms with Gasteiger partial charge in [0.05, 0.1) is 13.5 Å². The second kappa shape index (κ2) is 8.95. The van der Waals surface area contributed by atoms with E-state index >= 15 is 0 Å². The van der Waals surface area contributed by atoms with E-state index in [4.69, 9.17) is 4.74 Å². The van der Waals surface area contributed by atoms with Crippen molar-refractivity contribution in [3.63, 3.8) is 0 Å². The van der Waals surface area contributed by atoms with Crippen LogP contribution in [0.3, 0.4) is 0 Å². The summed E-state index contributed by atoms with van der Waals surface area (Å²) >= 11 is 1.31. The van der Waals surface area contributed by atoms with E-state index in [9.17, 15) is 18.0 Å². The summed E-state index contributed by atoms with van der Waals surface area (Å²) in [4.78, 5) is 17.3. The molecule has 0 unspecified atom stereocenters. The number of aromatic nitrogens is 1. The first-order chi connectivity index (χ1) is 13.8. The number of nitrogens with one attached hydrogen (secondary N) is 1. The maximum atomic E-state index is 12.3. The maximum absolute atomic E-state index is 12.3. The summed E-state index contributed by atoms with van der Waals surface area (Å²) in [6.45, 7) is 0. The Morgan fingerprint density at radius 1 is 1.14 bits per heavy atom. The quantitative estimate of drug-likeness (QED) is 0.593. The van der Waals surface area contributed by atoms with Crippen LogP contribution in [-0.2, 0) is 17.6 Å². The van der Waals surface area contributed by atoms with Crippen molar-refractivity contribution in [1.82, 2.24) is 4.98 Å². The lowest BCUT2D eigenvalue weighted by atomic mass is 10.1. The first-order valence-electron chi connectivity index (χ1n) is 8.53. The Morgan fingerprint density at radius 2 is 1.86 bits per heavy atom. The molecule has 152 valence electrons. The van der Waals surface area contributed by atoms with E-state index in [-0.39, 0.29) is 18.1 Å². The van der Waals surface area contributed by atoms with Crippen molar-refractivity contribution in [2.45, 2.75) is 19.2 Å². The number of halogens is 3. The first kappa shape index (κ1) is 20.7. The monoisotopic (exact) mass is 422 g/mol. The van der Waals surface area contributed by atoms with Crippen LogP contribution < -0.4 is 14.8 Å². The number of ether oxygens (including phenoxy) is 2. The summed E-state index contributed by atoms with van der Waals surface area (Å²) in [5.74, 6) is 0.152. The highest BCUT2D eigenvalue weighted by Crippen LogP contribution is 2.26. The van der Waals surface area contributed by atoms with Crippen molar-refractivity contribution >= 4 is 22.4 Å². The van der Waals surface area contributed by atoms with Gasteiger partial charge in [0.2, 0.25) is 5.91 Å². The van der Waals surface area contributed by atoms with Gasteiger partial charge >= 0.3 is 6.36 Å². The molecule has 3 aromatic rings. The Balaban J connectivity index is 1.57. The molecule has 1 heterocycles. The van der Waals surface area contributed by atoms with E-state index in [0.29, 0.717) is 17.3 Å². The summed E-state index contributed by atoms with van der Waals surface area (Å²) in [6, 6.07) is 12.9. The third-order valence-electron chi connectivity index (χ3n) is 3.88. The number of hydrogen-bond acceptors (Lipinski definition) is 5. The number of nitrogens with zero attached hydrogens (tertiary/aromatic N) is 1. The minimum atomic E-state index is -4.71. The van der Waals surface area contributed by atoms with E-state index < -0.39 is 6.36 Å². The van der Waals surface area contributed by atoms with Crippen molar-refractivity contribution < 1.29 is 27.4 Å². The first-order valence-corrected chi connectivity index (χ1v) is 9.35. The van der Waals surface area contributed by atoms with Gasteiger partial charge < -0.3 is 14.8 Å². The fraction of sp³-hybridized carbons (Fsp3) is 0.200. The van der Waals surface area contributed by atoms with Crippen LogP contribution in [0.15, 0.2) is 54.7 Å². The van der Waals surface area contributed by atoms with Gasteiger partial charge in [-0.15, -0.1) is 24.5 Å². The second-order valence-electron chi connectivity index (χ2n) is 6.04. The molecule has 1 N–H and O–H groups in total. The van der Waals surface area contributed by atoms with Crippen LogP contribution in [0.1, 0.15) is 16.0 Å². The summed E-state index contributed by atoms with van der Waals surface area (Å²) in [5, 5.41) is 3.21. The molecule has 0 radical (unpaired) electrons. The molecule has 5 nitrogen and oxygen atoms in total. The fourth-order valence-corrected chi connectivity index (χ4v) is 3.51. The lowest BCUT2D eigenvalue weighted by molar-refractivity contribution is -0.274. The molecule has 0 bridgehead atoms. The molecular weight excluding hydrogens is 405 g/mol. The van der Waals surface area contributed by atoms with Gasteiger partial charge in [-0.3, -0.25) is 4.79 Å². The Bertz CT molecular complexity index is 972. The van der Waals surface area contributed by atoms with Gasteiger partial charge in [-0.2, -0.15) is 0 Å². The van der Waals surface area contributed by atoms with E-state index in [1.54, 1.807) is 31.5 Å². The largest absolute Gasteiger partial charge is 0.573 e. The number of rotatable bonds is 7. The van der Waals surface area contributed by atoms with Gasteiger partial charge in [-0.05, 0) is 23.8 Å². The molecular formula is C20H17F3N2O3S. The molecule has 0 fully saturated rings. The van der Waals surface area contributed by atoms with Crippen LogP contribution in [-0.4, -0.2) is 24.4 Å². The molecule has 1 aromatic heterocycles. The average Bonchev–Trinajstić information content (AvgIpc) is 3.09. The van der Waals surface area contributed by atoms with Gasteiger partial charge in [0.15, 0.2) is 5.13 Å². The number of methoxy groups -OCH3 is 1. The number of carbonyl (C=O) groups excluding carboxylic acids is 1. The second-order valence-corrected chi connectivity index (χ2v) is 7.15. The predicted octanol–water partition coefficient (Wildman–Crippen LogP) is 4.82. The normalized spacial score (nSPS) is 11.2. The lowest BCUT2D eigenvalue weighted by Gasteiger charge is -2.09. The third kappa shape index (κ3) is 6.21. The number of thiazole rings is 1. The number of amides is 1. The minimum Gasteiger partial charge on any atom is -0.496 e. The van der Waals surface area contributed by atoms with Crippen molar-refractivity contribution in [3.8, 4) is 11.5 Å². The van der Waals surface area contributed by atoms with Gasteiger partial charge in [-0.25, -0.2) is 4.98 Å². The molecule has 0 spiro atoms.